The molecule has 3 nitrogen and oxygen atoms in total. The van der Waals surface area contributed by atoms with Gasteiger partial charge in [0, 0.05) is 18.6 Å². The Kier molecular flexibility index (Phi) is 3.27. The van der Waals surface area contributed by atoms with Crippen molar-refractivity contribution in [1.29, 1.82) is 0 Å². The van der Waals surface area contributed by atoms with Crippen LogP contribution in [0.3, 0.4) is 0 Å². The quantitative estimate of drug-likeness (QED) is 0.848. The monoisotopic (exact) mass is 213 g/mol. The first kappa shape index (κ1) is 10.8. The molecule has 16 heavy (non-hydrogen) atoms. The number of hydrogen-bond donors (Lipinski definition) is 1. The van der Waals surface area contributed by atoms with Crippen molar-refractivity contribution >= 4 is 0 Å². The minimum Gasteiger partial charge on any atom is -0.322 e. The zero-order chi connectivity index (χ0) is 11.4. The molecule has 1 atom stereocenters. The van der Waals surface area contributed by atoms with Gasteiger partial charge in [-0.15, -0.1) is 0 Å². The van der Waals surface area contributed by atoms with Gasteiger partial charge in [-0.3, -0.25) is 9.97 Å². The van der Waals surface area contributed by atoms with Crippen LogP contribution in [-0.4, -0.2) is 9.97 Å². The van der Waals surface area contributed by atoms with Crippen molar-refractivity contribution in [3.8, 4) is 0 Å². The van der Waals surface area contributed by atoms with Gasteiger partial charge in [-0.05, 0) is 42.7 Å². The van der Waals surface area contributed by atoms with Crippen molar-refractivity contribution in [1.82, 2.24) is 9.97 Å². The van der Waals surface area contributed by atoms with E-state index in [2.05, 4.69) is 9.97 Å². The number of nitrogens with zero attached hydrogens (tertiary/aromatic N) is 2. The summed E-state index contributed by atoms with van der Waals surface area (Å²) in [5, 5.41) is 0. The zero-order valence-electron chi connectivity index (χ0n) is 9.30. The zero-order valence-corrected chi connectivity index (χ0v) is 9.30. The first-order valence-electron chi connectivity index (χ1n) is 5.33. The molecule has 2 aromatic rings. The third-order valence-corrected chi connectivity index (χ3v) is 2.49. The maximum atomic E-state index is 6.11. The SMILES string of the molecule is Cc1ccnc(C(N)Cc2cccnc2)c1. The van der Waals surface area contributed by atoms with Crippen LogP contribution in [-0.2, 0) is 6.42 Å². The van der Waals surface area contributed by atoms with E-state index >= 15 is 0 Å². The minimum absolute atomic E-state index is 0.0656. The van der Waals surface area contributed by atoms with Crippen LogP contribution in [0.5, 0.6) is 0 Å². The molecule has 2 N–H and O–H groups in total. The predicted molar refractivity (Wildman–Crippen MR) is 63.8 cm³/mol. The van der Waals surface area contributed by atoms with E-state index in [9.17, 15) is 0 Å². The lowest BCUT2D eigenvalue weighted by Crippen LogP contribution is -2.15. The van der Waals surface area contributed by atoms with E-state index in [4.69, 9.17) is 5.73 Å². The second-order valence-electron chi connectivity index (χ2n) is 3.93. The molecule has 3 heteroatoms. The van der Waals surface area contributed by atoms with E-state index in [1.807, 2.05) is 37.4 Å². The molecule has 1 unspecified atom stereocenters. The topological polar surface area (TPSA) is 51.8 Å². The molecule has 0 aliphatic rings. The van der Waals surface area contributed by atoms with Gasteiger partial charge in [-0.25, -0.2) is 0 Å². The van der Waals surface area contributed by atoms with Crippen molar-refractivity contribution in [2.75, 3.05) is 0 Å². The molecule has 0 aromatic carbocycles. The van der Waals surface area contributed by atoms with E-state index in [1.165, 1.54) is 5.56 Å². The lowest BCUT2D eigenvalue weighted by molar-refractivity contribution is 0.693. The van der Waals surface area contributed by atoms with E-state index in [-0.39, 0.29) is 6.04 Å². The van der Waals surface area contributed by atoms with Crippen LogP contribution in [0, 0.1) is 6.92 Å². The molecule has 0 saturated heterocycles. The second kappa shape index (κ2) is 4.86. The van der Waals surface area contributed by atoms with Gasteiger partial charge < -0.3 is 5.73 Å². The Balaban J connectivity index is 2.12. The van der Waals surface area contributed by atoms with Gasteiger partial charge in [0.05, 0.1) is 11.7 Å². The number of aromatic nitrogens is 2. The highest BCUT2D eigenvalue weighted by Gasteiger charge is 2.08. The number of rotatable bonds is 3. The summed E-state index contributed by atoms with van der Waals surface area (Å²) in [6.45, 7) is 2.04. The molecule has 0 spiro atoms. The van der Waals surface area contributed by atoms with Crippen LogP contribution in [0.25, 0.3) is 0 Å². The Bertz CT molecular complexity index is 454. The summed E-state index contributed by atoms with van der Waals surface area (Å²) in [5.74, 6) is 0. The first-order chi connectivity index (χ1) is 7.75. The molecule has 0 amide bonds. The molecule has 2 heterocycles. The average molecular weight is 213 g/mol. The summed E-state index contributed by atoms with van der Waals surface area (Å²) in [6.07, 6.45) is 6.17. The lowest BCUT2D eigenvalue weighted by Gasteiger charge is -2.11. The van der Waals surface area contributed by atoms with Gasteiger partial charge in [-0.2, -0.15) is 0 Å². The van der Waals surface area contributed by atoms with Gasteiger partial charge in [0.1, 0.15) is 0 Å². The minimum atomic E-state index is -0.0656. The van der Waals surface area contributed by atoms with Crippen LogP contribution in [0.15, 0.2) is 42.9 Å². The maximum absolute atomic E-state index is 6.11. The van der Waals surface area contributed by atoms with Crippen LogP contribution in [0.4, 0.5) is 0 Å². The number of aryl methyl sites for hydroxylation is 1. The Labute approximate surface area is 95.4 Å². The van der Waals surface area contributed by atoms with Crippen LogP contribution in [0.2, 0.25) is 0 Å². The van der Waals surface area contributed by atoms with Crippen LogP contribution < -0.4 is 5.73 Å². The molecule has 0 aliphatic heterocycles. The highest BCUT2D eigenvalue weighted by Crippen LogP contribution is 2.14. The molecule has 2 aromatic heterocycles. The normalized spacial score (nSPS) is 12.4. The van der Waals surface area contributed by atoms with Gasteiger partial charge in [0.2, 0.25) is 0 Å². The summed E-state index contributed by atoms with van der Waals surface area (Å²) >= 11 is 0. The molecule has 0 fully saturated rings. The van der Waals surface area contributed by atoms with Crippen molar-refractivity contribution in [3.63, 3.8) is 0 Å². The van der Waals surface area contributed by atoms with Gasteiger partial charge in [0.15, 0.2) is 0 Å². The molecule has 0 radical (unpaired) electrons. The van der Waals surface area contributed by atoms with Crippen molar-refractivity contribution in [3.05, 3.63) is 59.7 Å². The molecular weight excluding hydrogens is 198 g/mol. The summed E-state index contributed by atoms with van der Waals surface area (Å²) < 4.78 is 0. The fourth-order valence-electron chi connectivity index (χ4n) is 1.64. The molecule has 0 bridgehead atoms. The molecular formula is C13H15N3. The summed E-state index contributed by atoms with van der Waals surface area (Å²) in [6, 6.07) is 7.89. The third kappa shape index (κ3) is 2.64. The fraction of sp³-hybridized carbons (Fsp3) is 0.231. The van der Waals surface area contributed by atoms with Gasteiger partial charge >= 0.3 is 0 Å². The van der Waals surface area contributed by atoms with Crippen molar-refractivity contribution in [2.24, 2.45) is 5.73 Å². The van der Waals surface area contributed by atoms with Crippen molar-refractivity contribution < 1.29 is 0 Å². The summed E-state index contributed by atoms with van der Waals surface area (Å²) in [4.78, 5) is 8.36. The molecule has 0 aliphatic carbocycles. The standard InChI is InChI=1S/C13H15N3/c1-10-4-6-16-13(7-10)12(14)8-11-3-2-5-15-9-11/h2-7,9,12H,8,14H2,1H3. The predicted octanol–water partition coefficient (Wildman–Crippen LogP) is 2.03. The largest absolute Gasteiger partial charge is 0.322 e. The molecule has 82 valence electrons. The Morgan fingerprint density at radius 3 is 2.88 bits per heavy atom. The van der Waals surface area contributed by atoms with E-state index in [1.54, 1.807) is 12.4 Å². The highest BCUT2D eigenvalue weighted by atomic mass is 14.8. The second-order valence-corrected chi connectivity index (χ2v) is 3.93. The molecule has 2 rings (SSSR count). The average Bonchev–Trinajstić information content (AvgIpc) is 2.30. The van der Waals surface area contributed by atoms with Crippen molar-refractivity contribution in [2.45, 2.75) is 19.4 Å². The smallest absolute Gasteiger partial charge is 0.0577 e. The van der Waals surface area contributed by atoms with E-state index in [0.717, 1.165) is 17.7 Å². The highest BCUT2D eigenvalue weighted by molar-refractivity contribution is 5.20. The van der Waals surface area contributed by atoms with E-state index in [0.29, 0.717) is 0 Å². The summed E-state index contributed by atoms with van der Waals surface area (Å²) in [5.41, 5.74) is 9.36. The van der Waals surface area contributed by atoms with E-state index < -0.39 is 0 Å². The molecule has 0 saturated carbocycles. The van der Waals surface area contributed by atoms with Crippen LogP contribution in [0.1, 0.15) is 22.9 Å². The Morgan fingerprint density at radius 1 is 1.31 bits per heavy atom. The number of pyridine rings is 2. The number of hydrogen-bond acceptors (Lipinski definition) is 3. The fourth-order valence-corrected chi connectivity index (χ4v) is 1.64. The third-order valence-electron chi connectivity index (χ3n) is 2.49. The Morgan fingerprint density at radius 2 is 2.19 bits per heavy atom. The van der Waals surface area contributed by atoms with Crippen LogP contribution >= 0.6 is 0 Å². The first-order valence-corrected chi connectivity index (χ1v) is 5.33. The van der Waals surface area contributed by atoms with Gasteiger partial charge in [0.25, 0.3) is 0 Å². The lowest BCUT2D eigenvalue weighted by atomic mass is 10.0. The van der Waals surface area contributed by atoms with Gasteiger partial charge in [-0.1, -0.05) is 6.07 Å². The maximum Gasteiger partial charge on any atom is 0.0577 e. The number of nitrogens with two attached hydrogens (primary N) is 1. The summed E-state index contributed by atoms with van der Waals surface area (Å²) in [7, 11) is 0. The Hall–Kier alpha value is -1.74.